The number of nitrogens with one attached hydrogen (secondary N) is 6. The molecule has 0 saturated carbocycles. The SMILES string of the molecule is [2H]C(CN(C)C([2H])([2H])[2H])c1c[nH]c2cccc(O)c12.[2H]C(CN(C)C([2H])([2H])[2H])c1c[nH]c2cccc(O)c12.[2H]C(Cc1c[nH]c2cccc(O)c12)N(C)C.[2H]C(Cc1c[nH]c2cccc(O)c12)N(C)C([2H])([2H])[2H].[2H]C(c1c[nH]c2cccc(O)c12)C([2H])N(C)C.[2H]C(c1c[nH]c2cccc(O)c12)C([2H])N(C)C([2H])([2H])[2H]. The minimum Gasteiger partial charge on any atom is -0.507 e. The van der Waals surface area contributed by atoms with Gasteiger partial charge in [0.25, 0.3) is 0 Å². The zero-order chi connectivity index (χ0) is 82.0. The van der Waals surface area contributed by atoms with Crippen LogP contribution in [0, 0.1) is 0 Å². The zero-order valence-corrected chi connectivity index (χ0v) is 51.7. The highest BCUT2D eigenvalue weighted by atomic mass is 16.3. The Morgan fingerprint density at radius 2 is 0.511 bits per heavy atom. The lowest BCUT2D eigenvalue weighted by Gasteiger charge is -2.08. The van der Waals surface area contributed by atoms with Gasteiger partial charge < -0.3 is 89.9 Å². The second kappa shape index (κ2) is 33.1. The highest BCUT2D eigenvalue weighted by molar-refractivity contribution is 5.92. The third-order valence-electron chi connectivity index (χ3n) is 13.8. The van der Waals surface area contributed by atoms with Crippen LogP contribution in [-0.4, -0.2) is 213 Å². The summed E-state index contributed by atoms with van der Waals surface area (Å²) >= 11 is 0. The Balaban J connectivity index is 0.000000184. The van der Waals surface area contributed by atoms with Gasteiger partial charge in [-0.05, 0) is 229 Å². The molecule has 0 saturated heterocycles. The number of hydrogen-bond donors (Lipinski definition) is 12. The summed E-state index contributed by atoms with van der Waals surface area (Å²) in [6.45, 7) is -12.1. The summed E-state index contributed by atoms with van der Waals surface area (Å²) in [5.41, 5.74) is 8.62. The van der Waals surface area contributed by atoms with Gasteiger partial charge in [-0.3, -0.25) is 0 Å². The van der Waals surface area contributed by atoms with Gasteiger partial charge in [0.05, 0.1) is 0 Å². The maximum absolute atomic E-state index is 9.88. The molecule has 0 amide bonds. The number of nitrogens with zero attached hydrogens (tertiary/aromatic N) is 6. The molecule has 0 aliphatic rings. The molecule has 0 spiro atoms. The van der Waals surface area contributed by atoms with Crippen LogP contribution in [0.4, 0.5) is 0 Å². The Kier molecular flexibility index (Phi) is 16.7. The van der Waals surface area contributed by atoms with Crippen LogP contribution in [0.25, 0.3) is 65.4 Å². The summed E-state index contributed by atoms with van der Waals surface area (Å²) in [6.07, 6.45) is 7.63. The van der Waals surface area contributed by atoms with Crippen molar-refractivity contribution in [1.82, 2.24) is 59.3 Å². The van der Waals surface area contributed by atoms with Gasteiger partial charge in [-0.1, -0.05) is 36.4 Å². The number of H-pyrrole nitrogens is 6. The Morgan fingerprint density at radius 3 is 0.778 bits per heavy atom. The van der Waals surface area contributed by atoms with E-state index in [-0.39, 0.29) is 60.5 Å². The van der Waals surface area contributed by atoms with Crippen LogP contribution < -0.4 is 0 Å². The molecule has 6 aromatic carbocycles. The molecule has 0 fully saturated rings. The normalized spacial score (nSPS) is 18.0. The van der Waals surface area contributed by atoms with Crippen molar-refractivity contribution < 1.29 is 58.1 Å². The quantitative estimate of drug-likeness (QED) is 0.0385. The van der Waals surface area contributed by atoms with Crippen LogP contribution in [0.3, 0.4) is 0 Å². The lowest BCUT2D eigenvalue weighted by atomic mass is 10.1. The van der Waals surface area contributed by atoms with Crippen molar-refractivity contribution in [2.45, 2.75) is 38.4 Å². The minimum atomic E-state index is -2.43. The van der Waals surface area contributed by atoms with Crippen LogP contribution in [0.2, 0.25) is 0 Å². The van der Waals surface area contributed by atoms with E-state index in [2.05, 4.69) is 29.9 Å². The largest absolute Gasteiger partial charge is 0.507 e. The number of hydrogen-bond acceptors (Lipinski definition) is 12. The number of phenols is 6. The van der Waals surface area contributed by atoms with E-state index < -0.39 is 73.1 Å². The smallest absolute Gasteiger partial charge is 0.125 e. The van der Waals surface area contributed by atoms with Crippen molar-refractivity contribution in [1.29, 1.82) is 0 Å². The molecule has 18 heteroatoms. The van der Waals surface area contributed by atoms with Crippen LogP contribution in [0.15, 0.2) is 146 Å². The summed E-state index contributed by atoms with van der Waals surface area (Å²) in [4.78, 5) is 25.8. The van der Waals surface area contributed by atoms with Gasteiger partial charge in [0, 0.05) is 169 Å². The van der Waals surface area contributed by atoms with Crippen LogP contribution in [0.5, 0.6) is 34.5 Å². The average molecular weight is 1250 g/mol. The molecule has 480 valence electrons. The Morgan fingerprint density at radius 1 is 0.289 bits per heavy atom. The molecule has 12 aromatic rings. The molecule has 90 heavy (non-hydrogen) atoms. The summed E-state index contributed by atoms with van der Waals surface area (Å²) in [5.74, 6) is 0.781. The van der Waals surface area contributed by atoms with E-state index in [4.69, 9.17) is 27.4 Å². The maximum Gasteiger partial charge on any atom is 0.125 e. The Labute approximate surface area is 557 Å². The summed E-state index contributed by atoms with van der Waals surface area (Å²) < 4.78 is 151. The van der Waals surface area contributed by atoms with E-state index >= 15 is 0 Å². The first-order valence-electron chi connectivity index (χ1n) is 39.2. The van der Waals surface area contributed by atoms with Crippen LogP contribution in [0.1, 0.15) is 60.8 Å². The zero-order valence-electron chi connectivity index (χ0n) is 71.7. The van der Waals surface area contributed by atoms with E-state index in [0.29, 0.717) is 61.1 Å². The van der Waals surface area contributed by atoms with Crippen molar-refractivity contribution in [2.75, 3.05) is 123 Å². The Hall–Kier alpha value is -8.88. The fourth-order valence-corrected chi connectivity index (χ4v) is 9.55. The van der Waals surface area contributed by atoms with Gasteiger partial charge in [0.15, 0.2) is 0 Å². The summed E-state index contributed by atoms with van der Waals surface area (Å²) in [6, 6.07) is 30.8. The molecule has 6 heterocycles. The Bertz CT molecular complexity index is 4830. The van der Waals surface area contributed by atoms with Gasteiger partial charge in [-0.2, -0.15) is 0 Å². The van der Waals surface area contributed by atoms with Gasteiger partial charge in [-0.25, -0.2) is 0 Å². The number of aromatic nitrogens is 6. The first kappa shape index (κ1) is 45.4. The molecule has 8 atom stereocenters. The lowest BCUT2D eigenvalue weighted by molar-refractivity contribution is 0.414. The molecular formula is C72H96N12O6. The van der Waals surface area contributed by atoms with Gasteiger partial charge in [0.1, 0.15) is 34.5 Å². The first-order chi connectivity index (χ1) is 51.3. The monoisotopic (exact) mass is 1240 g/mol. The fraction of sp³-hybridized carbons (Fsp3) is 0.333. The standard InChI is InChI=1S/6C12H16N2O/c6*1-14(2)7-6-9-8-13-10-4-3-5-11(15)12(9)10/h6*3-5,8,13,15H,6-7H2,1-2H3/i1D3,6D,7D;6D,7D;1D3,7D;2*1D3,6D;7D. The van der Waals surface area contributed by atoms with Gasteiger partial charge in [-0.15, -0.1) is 0 Å². The fourth-order valence-electron chi connectivity index (χ4n) is 9.55. The maximum atomic E-state index is 9.88. The molecule has 0 aliphatic heterocycles. The van der Waals surface area contributed by atoms with Crippen LogP contribution in [-0.2, 0) is 38.4 Å². The lowest BCUT2D eigenvalue weighted by Crippen LogP contribution is -2.14. The van der Waals surface area contributed by atoms with E-state index in [1.165, 1.54) is 40.5 Å². The first-order valence-corrected chi connectivity index (χ1v) is 28.6. The molecule has 12 rings (SSSR count). The van der Waals surface area contributed by atoms with Crippen molar-refractivity contribution in [2.24, 2.45) is 0 Å². The average Bonchev–Trinajstić information content (AvgIpc) is 1.67. The number of aromatic amines is 6. The van der Waals surface area contributed by atoms with E-state index in [1.807, 2.05) is 49.5 Å². The van der Waals surface area contributed by atoms with E-state index in [0.717, 1.165) is 63.7 Å². The molecule has 18 nitrogen and oxygen atoms in total. The third kappa shape index (κ3) is 19.1. The van der Waals surface area contributed by atoms with Crippen molar-refractivity contribution in [3.8, 4) is 34.5 Å². The molecule has 12 N–H and O–H groups in total. The molecule has 0 radical (unpaired) electrons. The van der Waals surface area contributed by atoms with Crippen molar-refractivity contribution in [3.63, 3.8) is 0 Å². The molecule has 0 aliphatic carbocycles. The molecule has 0 bridgehead atoms. The van der Waals surface area contributed by atoms with E-state index in [1.54, 1.807) is 123 Å². The number of likely N-dealkylation sites (N-methyl/N-ethyl adjacent to an activating group) is 6. The van der Waals surface area contributed by atoms with Gasteiger partial charge >= 0.3 is 0 Å². The van der Waals surface area contributed by atoms with Gasteiger partial charge in [0.2, 0.25) is 0 Å². The summed E-state index contributed by atoms with van der Waals surface area (Å²) in [5, 5.41) is 62.8. The number of fused-ring (bicyclic) bond motifs is 6. The number of aryl methyl sites for hydroxylation is 4. The molecular weight excluding hydrogens is 1130 g/mol. The predicted molar refractivity (Wildman–Crippen MR) is 373 cm³/mol. The van der Waals surface area contributed by atoms with Crippen LogP contribution >= 0.6 is 0 Å². The van der Waals surface area contributed by atoms with E-state index in [9.17, 15) is 30.6 Å². The highest BCUT2D eigenvalue weighted by Gasteiger charge is 2.13. The second-order valence-electron chi connectivity index (χ2n) is 21.5. The topological polar surface area (TPSA) is 236 Å². The van der Waals surface area contributed by atoms with Crippen molar-refractivity contribution >= 4 is 65.4 Å². The highest BCUT2D eigenvalue weighted by Crippen LogP contribution is 2.33. The number of benzene rings is 6. The third-order valence-corrected chi connectivity index (χ3v) is 13.8. The molecule has 6 aromatic heterocycles. The second-order valence-corrected chi connectivity index (χ2v) is 21.5. The predicted octanol–water partition coefficient (Wildman–Crippen LogP) is 11.9. The number of rotatable bonds is 18. The van der Waals surface area contributed by atoms with Crippen molar-refractivity contribution in [3.05, 3.63) is 180 Å². The number of aromatic hydroxyl groups is 6. The number of phenolic OH excluding ortho intramolecular Hbond substituents is 6. The minimum absolute atomic E-state index is 0.0136. The summed E-state index contributed by atoms with van der Waals surface area (Å²) in [7, 11) is 12.9. The molecule has 8 unspecified atom stereocenters.